The van der Waals surface area contributed by atoms with Gasteiger partial charge in [0.2, 0.25) is 0 Å². The highest BCUT2D eigenvalue weighted by Gasteiger charge is 2.20. The molecule has 5 heteroatoms. The van der Waals surface area contributed by atoms with E-state index in [2.05, 4.69) is 44.1 Å². The highest BCUT2D eigenvalue weighted by atomic mass is 79.9. The van der Waals surface area contributed by atoms with Crippen molar-refractivity contribution in [2.45, 2.75) is 25.8 Å². The maximum Gasteiger partial charge on any atom is 0.143 e. The first-order valence-electron chi connectivity index (χ1n) is 6.80. The lowest BCUT2D eigenvalue weighted by molar-refractivity contribution is 0.204. The van der Waals surface area contributed by atoms with Gasteiger partial charge in [-0.15, -0.1) is 0 Å². The van der Waals surface area contributed by atoms with E-state index in [9.17, 15) is 0 Å². The maximum atomic E-state index is 5.22. The van der Waals surface area contributed by atoms with Crippen molar-refractivity contribution < 1.29 is 4.74 Å². The minimum Gasteiger partial charge on any atom is -0.383 e. The van der Waals surface area contributed by atoms with Crippen LogP contribution in [0.2, 0.25) is 0 Å². The summed E-state index contributed by atoms with van der Waals surface area (Å²) in [6.07, 6.45) is 4.43. The molecule has 0 radical (unpaired) electrons. The molecule has 19 heavy (non-hydrogen) atoms. The van der Waals surface area contributed by atoms with Crippen LogP contribution in [-0.2, 0) is 4.74 Å². The highest BCUT2D eigenvalue weighted by molar-refractivity contribution is 9.10. The molecule has 106 valence electrons. The molecule has 1 aliphatic heterocycles. The van der Waals surface area contributed by atoms with Gasteiger partial charge in [-0.2, -0.15) is 0 Å². The van der Waals surface area contributed by atoms with Gasteiger partial charge in [0.1, 0.15) is 5.82 Å². The quantitative estimate of drug-likeness (QED) is 0.870. The minimum atomic E-state index is 0.562. The number of methoxy groups -OCH3 is 1. The zero-order valence-corrected chi connectivity index (χ0v) is 13.2. The number of pyridine rings is 1. The van der Waals surface area contributed by atoms with E-state index < -0.39 is 0 Å². The van der Waals surface area contributed by atoms with Gasteiger partial charge in [0.25, 0.3) is 0 Å². The molecule has 1 aromatic rings. The number of aromatic nitrogens is 1. The van der Waals surface area contributed by atoms with E-state index in [1.807, 2.05) is 6.20 Å². The van der Waals surface area contributed by atoms with Crippen LogP contribution in [0.5, 0.6) is 0 Å². The fraction of sp³-hybridized carbons (Fsp3) is 0.643. The first kappa shape index (κ1) is 14.8. The Hall–Kier alpha value is -0.650. The number of ether oxygens (including phenoxy) is 1. The Morgan fingerprint density at radius 1 is 1.58 bits per heavy atom. The number of nitrogens with zero attached hydrogens (tertiary/aromatic N) is 2. The summed E-state index contributed by atoms with van der Waals surface area (Å²) in [5, 5.41) is 3.54. The number of rotatable bonds is 6. The average molecular weight is 328 g/mol. The van der Waals surface area contributed by atoms with E-state index in [4.69, 9.17) is 4.74 Å². The lowest BCUT2D eigenvalue weighted by atomic mass is 10.2. The highest BCUT2D eigenvalue weighted by Crippen LogP contribution is 2.25. The molecular formula is C14H22BrN3O. The SMILES string of the molecule is COCCN(CC1CCCN1)c1ncc(C)cc1Br. The van der Waals surface area contributed by atoms with Crippen LogP contribution in [-0.4, -0.2) is 44.4 Å². The van der Waals surface area contributed by atoms with E-state index in [1.54, 1.807) is 7.11 Å². The predicted molar refractivity (Wildman–Crippen MR) is 81.8 cm³/mol. The average Bonchev–Trinajstić information content (AvgIpc) is 2.88. The van der Waals surface area contributed by atoms with Gasteiger partial charge in [-0.1, -0.05) is 0 Å². The second-order valence-electron chi connectivity index (χ2n) is 5.05. The summed E-state index contributed by atoms with van der Waals surface area (Å²) in [4.78, 5) is 6.87. The third-order valence-corrected chi connectivity index (χ3v) is 4.01. The Balaban J connectivity index is 2.10. The molecule has 0 aromatic carbocycles. The van der Waals surface area contributed by atoms with Crippen molar-refractivity contribution >= 4 is 21.7 Å². The van der Waals surface area contributed by atoms with Crippen molar-refractivity contribution in [1.82, 2.24) is 10.3 Å². The Morgan fingerprint density at radius 2 is 2.42 bits per heavy atom. The van der Waals surface area contributed by atoms with Crippen molar-refractivity contribution in [2.75, 3.05) is 38.3 Å². The van der Waals surface area contributed by atoms with Crippen molar-refractivity contribution in [1.29, 1.82) is 0 Å². The number of halogens is 1. The molecule has 0 bridgehead atoms. The lowest BCUT2D eigenvalue weighted by Crippen LogP contribution is -2.39. The van der Waals surface area contributed by atoms with Gasteiger partial charge in [-0.05, 0) is 53.9 Å². The lowest BCUT2D eigenvalue weighted by Gasteiger charge is -2.27. The van der Waals surface area contributed by atoms with Gasteiger partial charge in [-0.3, -0.25) is 0 Å². The fourth-order valence-electron chi connectivity index (χ4n) is 2.42. The number of hydrogen-bond donors (Lipinski definition) is 1. The topological polar surface area (TPSA) is 37.4 Å². The second-order valence-corrected chi connectivity index (χ2v) is 5.90. The van der Waals surface area contributed by atoms with Gasteiger partial charge in [-0.25, -0.2) is 4.98 Å². The van der Waals surface area contributed by atoms with Crippen molar-refractivity contribution in [2.24, 2.45) is 0 Å². The molecule has 1 aromatic heterocycles. The van der Waals surface area contributed by atoms with Gasteiger partial charge in [0, 0.05) is 32.4 Å². The molecule has 1 fully saturated rings. The summed E-state index contributed by atoms with van der Waals surface area (Å²) in [7, 11) is 1.74. The van der Waals surface area contributed by atoms with Crippen LogP contribution in [0.25, 0.3) is 0 Å². The summed E-state index contributed by atoms with van der Waals surface area (Å²) in [5.41, 5.74) is 1.17. The molecule has 2 rings (SSSR count). The first-order chi connectivity index (χ1) is 9.20. The molecule has 1 aliphatic rings. The molecule has 2 heterocycles. The predicted octanol–water partition coefficient (Wildman–Crippen LogP) is 2.36. The number of aryl methyl sites for hydroxylation is 1. The third kappa shape index (κ3) is 4.16. The number of anilines is 1. The summed E-state index contributed by atoms with van der Waals surface area (Å²) in [6.45, 7) is 5.75. The molecule has 1 N–H and O–H groups in total. The third-order valence-electron chi connectivity index (χ3n) is 3.43. The van der Waals surface area contributed by atoms with E-state index >= 15 is 0 Å². The van der Waals surface area contributed by atoms with Crippen LogP contribution in [0.15, 0.2) is 16.7 Å². The van der Waals surface area contributed by atoms with Gasteiger partial charge < -0.3 is 15.0 Å². The molecule has 1 atom stereocenters. The largest absolute Gasteiger partial charge is 0.383 e. The molecule has 1 unspecified atom stereocenters. The molecule has 4 nitrogen and oxygen atoms in total. The fourth-order valence-corrected chi connectivity index (χ4v) is 3.14. The zero-order chi connectivity index (χ0) is 13.7. The normalized spacial score (nSPS) is 18.8. The van der Waals surface area contributed by atoms with Crippen molar-refractivity contribution in [3.05, 3.63) is 22.3 Å². The van der Waals surface area contributed by atoms with Crippen LogP contribution < -0.4 is 10.2 Å². The van der Waals surface area contributed by atoms with Gasteiger partial charge >= 0.3 is 0 Å². The minimum absolute atomic E-state index is 0.562. The Kier molecular flexibility index (Phi) is 5.60. The summed E-state index contributed by atoms with van der Waals surface area (Å²) < 4.78 is 6.27. The Bertz CT molecular complexity index is 408. The van der Waals surface area contributed by atoms with E-state index in [1.165, 1.54) is 18.4 Å². The Labute approximate surface area is 123 Å². The van der Waals surface area contributed by atoms with E-state index in [0.29, 0.717) is 12.6 Å². The van der Waals surface area contributed by atoms with Crippen molar-refractivity contribution in [3.63, 3.8) is 0 Å². The second kappa shape index (κ2) is 7.22. The molecule has 1 saturated heterocycles. The van der Waals surface area contributed by atoms with Gasteiger partial charge in [0.05, 0.1) is 11.1 Å². The molecule has 0 saturated carbocycles. The van der Waals surface area contributed by atoms with E-state index in [0.717, 1.165) is 29.9 Å². The monoisotopic (exact) mass is 327 g/mol. The maximum absolute atomic E-state index is 5.22. The molecule has 0 aliphatic carbocycles. The smallest absolute Gasteiger partial charge is 0.143 e. The standard InChI is InChI=1S/C14H22BrN3O/c1-11-8-13(15)14(17-9-11)18(6-7-19-2)10-12-4-3-5-16-12/h8-9,12,16H,3-7,10H2,1-2H3. The van der Waals surface area contributed by atoms with Gasteiger partial charge in [0.15, 0.2) is 0 Å². The van der Waals surface area contributed by atoms with Crippen molar-refractivity contribution in [3.8, 4) is 0 Å². The summed E-state index contributed by atoms with van der Waals surface area (Å²) >= 11 is 3.62. The molecule has 0 spiro atoms. The number of nitrogens with one attached hydrogen (secondary N) is 1. The van der Waals surface area contributed by atoms with E-state index in [-0.39, 0.29) is 0 Å². The van der Waals surface area contributed by atoms with Crippen LogP contribution in [0.3, 0.4) is 0 Å². The number of hydrogen-bond acceptors (Lipinski definition) is 4. The zero-order valence-electron chi connectivity index (χ0n) is 11.7. The van der Waals surface area contributed by atoms with Crippen LogP contribution in [0.4, 0.5) is 5.82 Å². The Morgan fingerprint density at radius 3 is 3.05 bits per heavy atom. The molecular weight excluding hydrogens is 306 g/mol. The summed E-state index contributed by atoms with van der Waals surface area (Å²) in [5.74, 6) is 1.01. The van der Waals surface area contributed by atoms with Crippen LogP contribution >= 0.6 is 15.9 Å². The van der Waals surface area contributed by atoms with Crippen LogP contribution in [0.1, 0.15) is 18.4 Å². The summed E-state index contributed by atoms with van der Waals surface area (Å²) in [6, 6.07) is 2.68. The molecule has 0 amide bonds. The van der Waals surface area contributed by atoms with Crippen LogP contribution in [0, 0.1) is 6.92 Å². The first-order valence-corrected chi connectivity index (χ1v) is 7.59.